The van der Waals surface area contributed by atoms with Gasteiger partial charge >= 0.3 is 0 Å². The molecule has 8 heteroatoms. The standard InChI is InChI=1S/2C2H4O2.CH4O3S/c2*1-2(3)4;1-5(2,3)4/h2*1H3,(H,3,4);1H3,(H,2,3,4). The Morgan fingerprint density at radius 2 is 1.00 bits per heavy atom. The fourth-order valence-corrected chi connectivity index (χ4v) is 0. The van der Waals surface area contributed by atoms with E-state index in [-0.39, 0.29) is 0 Å². The van der Waals surface area contributed by atoms with Crippen molar-refractivity contribution in [2.45, 2.75) is 13.8 Å². The van der Waals surface area contributed by atoms with Crippen LogP contribution >= 0.6 is 0 Å². The van der Waals surface area contributed by atoms with Gasteiger partial charge in [-0.05, 0) is 0 Å². The summed E-state index contributed by atoms with van der Waals surface area (Å²) in [7, 11) is -3.67. The van der Waals surface area contributed by atoms with Crippen LogP contribution in [0.2, 0.25) is 0 Å². The molecule has 0 bridgehead atoms. The lowest BCUT2D eigenvalue weighted by Gasteiger charge is -1.69. The molecule has 0 aromatic rings. The molecule has 0 heterocycles. The Kier molecular flexibility index (Phi) is 12.3. The molecule has 0 fully saturated rings. The van der Waals surface area contributed by atoms with Gasteiger partial charge in [0, 0.05) is 13.8 Å². The van der Waals surface area contributed by atoms with Crippen LogP contribution < -0.4 is 0 Å². The molecule has 0 aromatic heterocycles. The molecule has 80 valence electrons. The van der Waals surface area contributed by atoms with Gasteiger partial charge in [0.1, 0.15) is 0 Å². The molecule has 0 amide bonds. The van der Waals surface area contributed by atoms with E-state index in [1.807, 2.05) is 0 Å². The molecule has 13 heavy (non-hydrogen) atoms. The van der Waals surface area contributed by atoms with Crippen molar-refractivity contribution in [3.63, 3.8) is 0 Å². The Labute approximate surface area is 75.8 Å². The normalized spacial score (nSPS) is 8.31. The van der Waals surface area contributed by atoms with Gasteiger partial charge in [0.05, 0.1) is 6.26 Å². The minimum atomic E-state index is -3.67. The molecule has 0 saturated heterocycles. The number of aliphatic carboxylic acids is 2. The summed E-state index contributed by atoms with van der Waals surface area (Å²) in [6.07, 6.45) is 0.715. The quantitative estimate of drug-likeness (QED) is 0.473. The van der Waals surface area contributed by atoms with Crippen molar-refractivity contribution in [2.75, 3.05) is 6.26 Å². The van der Waals surface area contributed by atoms with Crippen molar-refractivity contribution in [3.8, 4) is 0 Å². The van der Waals surface area contributed by atoms with Crippen LogP contribution in [0.1, 0.15) is 13.8 Å². The highest BCUT2D eigenvalue weighted by atomic mass is 32.2. The summed E-state index contributed by atoms with van der Waals surface area (Å²) in [6, 6.07) is 0. The van der Waals surface area contributed by atoms with Crippen molar-refractivity contribution in [2.24, 2.45) is 0 Å². The van der Waals surface area contributed by atoms with Gasteiger partial charge in [0.15, 0.2) is 0 Å². The van der Waals surface area contributed by atoms with E-state index < -0.39 is 22.1 Å². The molecule has 0 radical (unpaired) electrons. The van der Waals surface area contributed by atoms with Gasteiger partial charge in [0.25, 0.3) is 22.1 Å². The van der Waals surface area contributed by atoms with E-state index in [9.17, 15) is 8.42 Å². The van der Waals surface area contributed by atoms with E-state index in [0.29, 0.717) is 6.26 Å². The molecular formula is C5H12O7S. The Morgan fingerprint density at radius 1 is 1.00 bits per heavy atom. The lowest BCUT2D eigenvalue weighted by atomic mass is 10.9. The summed E-state index contributed by atoms with van der Waals surface area (Å²) in [5, 5.41) is 14.8. The third kappa shape index (κ3) is 643. The second-order valence-electron chi connectivity index (χ2n) is 1.77. The fraction of sp³-hybridized carbons (Fsp3) is 0.600. The van der Waals surface area contributed by atoms with Crippen LogP contribution in [-0.4, -0.2) is 41.4 Å². The van der Waals surface area contributed by atoms with Crippen molar-refractivity contribution in [1.82, 2.24) is 0 Å². The lowest BCUT2D eigenvalue weighted by molar-refractivity contribution is -0.135. The predicted molar refractivity (Wildman–Crippen MR) is 44.1 cm³/mol. The topological polar surface area (TPSA) is 129 Å². The molecule has 0 spiro atoms. The number of hydrogen-bond acceptors (Lipinski definition) is 4. The zero-order valence-electron chi connectivity index (χ0n) is 7.38. The predicted octanol–water partition coefficient (Wildman–Crippen LogP) is -0.314. The average Bonchev–Trinajstić information content (AvgIpc) is 1.50. The maximum Gasteiger partial charge on any atom is 0.300 e. The van der Waals surface area contributed by atoms with Crippen molar-refractivity contribution >= 4 is 22.1 Å². The highest BCUT2D eigenvalue weighted by Gasteiger charge is 1.81. The van der Waals surface area contributed by atoms with Gasteiger partial charge in [-0.1, -0.05) is 0 Å². The second-order valence-corrected chi connectivity index (χ2v) is 3.24. The Hall–Kier alpha value is -1.15. The first-order valence-corrected chi connectivity index (χ1v) is 4.63. The molecule has 0 aliphatic heterocycles. The molecule has 0 rings (SSSR count). The number of rotatable bonds is 0. The zero-order valence-corrected chi connectivity index (χ0v) is 8.20. The summed E-state index contributed by atoms with van der Waals surface area (Å²) in [4.78, 5) is 18.0. The molecule has 0 aliphatic rings. The number of carboxylic acid groups (broad SMARTS) is 2. The highest BCUT2D eigenvalue weighted by Crippen LogP contribution is 1.60. The van der Waals surface area contributed by atoms with E-state index in [1.54, 1.807) is 0 Å². The minimum absolute atomic E-state index is 0.715. The largest absolute Gasteiger partial charge is 0.481 e. The lowest BCUT2D eigenvalue weighted by Crippen LogP contribution is -1.88. The SMILES string of the molecule is CC(=O)O.CC(=O)O.CS(=O)(=O)O. The number of carbonyl (C=O) groups is 2. The van der Waals surface area contributed by atoms with E-state index in [4.69, 9.17) is 24.4 Å². The van der Waals surface area contributed by atoms with E-state index in [2.05, 4.69) is 0 Å². The van der Waals surface area contributed by atoms with Gasteiger partial charge in [-0.3, -0.25) is 14.1 Å². The summed E-state index contributed by atoms with van der Waals surface area (Å²) in [6.45, 7) is 2.17. The average molecular weight is 216 g/mol. The molecular weight excluding hydrogens is 204 g/mol. The smallest absolute Gasteiger partial charge is 0.300 e. The maximum atomic E-state index is 9.19. The molecule has 0 aliphatic carbocycles. The third-order valence-corrected chi connectivity index (χ3v) is 0. The van der Waals surface area contributed by atoms with Crippen LogP contribution in [0.4, 0.5) is 0 Å². The van der Waals surface area contributed by atoms with Gasteiger partial charge in [-0.25, -0.2) is 0 Å². The Bertz CT molecular complexity index is 212. The van der Waals surface area contributed by atoms with Gasteiger partial charge < -0.3 is 10.2 Å². The van der Waals surface area contributed by atoms with Crippen molar-refractivity contribution in [1.29, 1.82) is 0 Å². The summed E-state index contributed by atoms with van der Waals surface area (Å²) in [5.74, 6) is -1.67. The van der Waals surface area contributed by atoms with Crippen molar-refractivity contribution < 1.29 is 32.8 Å². The Balaban J connectivity index is -0.000000117. The maximum absolute atomic E-state index is 9.19. The minimum Gasteiger partial charge on any atom is -0.481 e. The number of hydrogen-bond donors (Lipinski definition) is 3. The van der Waals surface area contributed by atoms with E-state index in [0.717, 1.165) is 13.8 Å². The second kappa shape index (κ2) is 8.94. The Morgan fingerprint density at radius 3 is 1.00 bits per heavy atom. The third-order valence-electron chi connectivity index (χ3n) is 0. The molecule has 7 nitrogen and oxygen atoms in total. The van der Waals surface area contributed by atoms with Gasteiger partial charge in [-0.15, -0.1) is 0 Å². The molecule has 0 atom stereocenters. The first kappa shape index (κ1) is 17.8. The van der Waals surface area contributed by atoms with Crippen LogP contribution in [0.25, 0.3) is 0 Å². The van der Waals surface area contributed by atoms with Gasteiger partial charge in [-0.2, -0.15) is 8.42 Å². The first-order valence-electron chi connectivity index (χ1n) is 2.78. The summed E-state index contributed by atoms with van der Waals surface area (Å²) < 4.78 is 25.9. The van der Waals surface area contributed by atoms with Gasteiger partial charge in [0.2, 0.25) is 0 Å². The molecule has 0 aromatic carbocycles. The zero-order chi connectivity index (χ0) is 11.7. The molecule has 0 unspecified atom stereocenters. The summed E-state index contributed by atoms with van der Waals surface area (Å²) in [5.41, 5.74) is 0. The molecule has 0 saturated carbocycles. The van der Waals surface area contributed by atoms with Crippen molar-refractivity contribution in [3.05, 3.63) is 0 Å². The highest BCUT2D eigenvalue weighted by molar-refractivity contribution is 7.85. The first-order chi connectivity index (χ1) is 5.46. The van der Waals surface area contributed by atoms with Crippen LogP contribution in [-0.2, 0) is 19.7 Å². The van der Waals surface area contributed by atoms with E-state index in [1.165, 1.54) is 0 Å². The monoisotopic (exact) mass is 216 g/mol. The fourth-order valence-electron chi connectivity index (χ4n) is 0. The summed E-state index contributed by atoms with van der Waals surface area (Å²) >= 11 is 0. The molecule has 3 N–H and O–H groups in total. The van der Waals surface area contributed by atoms with E-state index >= 15 is 0 Å². The van der Waals surface area contributed by atoms with Crippen LogP contribution in [0, 0.1) is 0 Å². The van der Waals surface area contributed by atoms with Crippen LogP contribution in [0.3, 0.4) is 0 Å². The van der Waals surface area contributed by atoms with Crippen LogP contribution in [0.5, 0.6) is 0 Å². The number of carboxylic acids is 2. The van der Waals surface area contributed by atoms with Crippen LogP contribution in [0.15, 0.2) is 0 Å².